The molecule has 1 saturated heterocycles. The zero-order chi connectivity index (χ0) is 20.4. The molecule has 4 fully saturated rings. The maximum atomic E-state index is 11.9. The maximum Gasteiger partial charge on any atom is 0.265 e. The normalized spacial score (nSPS) is 33.5. The van der Waals surface area contributed by atoms with Crippen LogP contribution in [0.2, 0.25) is 0 Å². The van der Waals surface area contributed by atoms with Crippen LogP contribution in [0, 0.1) is 22.7 Å². The third kappa shape index (κ3) is 4.81. The molecule has 0 radical (unpaired) electrons. The fraction of sp³-hybridized carbons (Fsp3) is 0.955. The van der Waals surface area contributed by atoms with Crippen molar-refractivity contribution >= 4 is 15.9 Å². The van der Waals surface area contributed by atoms with Crippen molar-refractivity contribution in [3.8, 4) is 0 Å². The van der Waals surface area contributed by atoms with E-state index >= 15 is 0 Å². The molecule has 0 aromatic carbocycles. The van der Waals surface area contributed by atoms with Crippen molar-refractivity contribution in [1.82, 2.24) is 4.90 Å². The van der Waals surface area contributed by atoms with Crippen molar-refractivity contribution < 1.29 is 17.8 Å². The highest BCUT2D eigenvalue weighted by Gasteiger charge is 2.65. The van der Waals surface area contributed by atoms with Crippen LogP contribution in [0.15, 0.2) is 0 Å². The maximum absolute atomic E-state index is 11.9. The molecule has 3 saturated carbocycles. The van der Waals surface area contributed by atoms with Gasteiger partial charge in [0.25, 0.3) is 10.1 Å². The van der Waals surface area contributed by atoms with E-state index in [1.54, 1.807) is 0 Å². The molecule has 2 atom stereocenters. The Morgan fingerprint density at radius 3 is 2.11 bits per heavy atom. The fourth-order valence-corrected chi connectivity index (χ4v) is 7.60. The molecule has 1 heterocycles. The van der Waals surface area contributed by atoms with E-state index in [9.17, 15) is 13.2 Å². The number of nitrogens with zero attached hydrogens (tertiary/aromatic N) is 1. The number of rotatable bonds is 4. The van der Waals surface area contributed by atoms with Gasteiger partial charge in [-0.1, -0.05) is 39.5 Å². The molecule has 162 valence electrons. The van der Waals surface area contributed by atoms with Crippen LogP contribution in [-0.2, 0) is 14.9 Å². The Labute approximate surface area is 171 Å². The zero-order valence-corrected chi connectivity index (χ0v) is 18.6. The molecule has 3 aliphatic carbocycles. The first-order valence-electron chi connectivity index (χ1n) is 11.3. The molecule has 1 N–H and O–H groups in total. The van der Waals surface area contributed by atoms with E-state index in [2.05, 4.69) is 4.90 Å². The van der Waals surface area contributed by atoms with Gasteiger partial charge in [0.15, 0.2) is 0 Å². The van der Waals surface area contributed by atoms with Crippen molar-refractivity contribution in [3.05, 3.63) is 0 Å². The van der Waals surface area contributed by atoms with E-state index < -0.39 is 21.3 Å². The second kappa shape index (κ2) is 8.73. The van der Waals surface area contributed by atoms with Crippen molar-refractivity contribution in [2.75, 3.05) is 25.4 Å². The highest BCUT2D eigenvalue weighted by Crippen LogP contribution is 2.64. The van der Waals surface area contributed by atoms with Crippen molar-refractivity contribution in [2.24, 2.45) is 22.7 Å². The Morgan fingerprint density at radius 2 is 1.61 bits per heavy atom. The lowest BCUT2D eigenvalue weighted by atomic mass is 9.70. The molecule has 0 aromatic rings. The van der Waals surface area contributed by atoms with E-state index in [1.165, 1.54) is 71.0 Å². The van der Waals surface area contributed by atoms with Gasteiger partial charge >= 0.3 is 0 Å². The van der Waals surface area contributed by atoms with E-state index in [0.29, 0.717) is 12.8 Å². The van der Waals surface area contributed by atoms with Crippen LogP contribution in [-0.4, -0.2) is 49.0 Å². The molecular weight excluding hydrogens is 374 g/mol. The number of fused-ring (bicyclic) bond motifs is 2. The monoisotopic (exact) mass is 413 g/mol. The van der Waals surface area contributed by atoms with E-state index in [4.69, 9.17) is 4.55 Å². The summed E-state index contributed by atoms with van der Waals surface area (Å²) in [5.41, 5.74) is -1.12. The second-order valence-electron chi connectivity index (χ2n) is 10.3. The minimum absolute atomic E-state index is 0.0152. The molecule has 0 spiro atoms. The molecule has 1 aliphatic heterocycles. The molecule has 0 amide bonds. The molecule has 1 unspecified atom stereocenters. The number of hydrogen-bond acceptors (Lipinski definition) is 4. The Bertz CT molecular complexity index is 631. The van der Waals surface area contributed by atoms with E-state index in [1.807, 2.05) is 13.8 Å². The van der Waals surface area contributed by atoms with Crippen LogP contribution in [0.3, 0.4) is 0 Å². The molecular formula is C22H39NO4S. The lowest BCUT2D eigenvalue weighted by Gasteiger charge is -2.35. The third-order valence-corrected chi connectivity index (χ3v) is 9.12. The first kappa shape index (κ1) is 22.2. The van der Waals surface area contributed by atoms with Gasteiger partial charge in [-0.25, -0.2) is 0 Å². The summed E-state index contributed by atoms with van der Waals surface area (Å²) in [4.78, 5) is 14.6. The van der Waals surface area contributed by atoms with Gasteiger partial charge < -0.3 is 4.90 Å². The van der Waals surface area contributed by atoms with Gasteiger partial charge in [0.1, 0.15) is 5.78 Å². The number of hydrogen-bond donors (Lipinski definition) is 1. The summed E-state index contributed by atoms with van der Waals surface area (Å²) in [6, 6.07) is 0. The zero-order valence-electron chi connectivity index (χ0n) is 17.8. The molecule has 4 aliphatic rings. The van der Waals surface area contributed by atoms with Crippen LogP contribution >= 0.6 is 0 Å². The number of ketones is 1. The van der Waals surface area contributed by atoms with Gasteiger partial charge in [-0.2, -0.15) is 8.42 Å². The SMILES string of the molecule is C1CCC(CN2CCCCC2)CC1.CC1(C)C2CC[C@@]1(CS(=O)(=O)O)C(=O)C2. The Hall–Kier alpha value is -0.460. The summed E-state index contributed by atoms with van der Waals surface area (Å²) in [7, 11) is -4.08. The number of Topliss-reactive ketones (excluding diaryl/α,β-unsaturated/α-hetero) is 1. The molecule has 6 heteroatoms. The van der Waals surface area contributed by atoms with Gasteiger partial charge in [0.2, 0.25) is 0 Å². The standard InChI is InChI=1S/C12H23N.C10H16O4S/c1-3-7-12(8-4-1)11-13-9-5-2-6-10-13;1-9(2)7-3-4-10(9,8(11)5-7)6-15(12,13)14/h12H,1-11H2;7H,3-6H2,1-2H3,(H,12,13,14)/t;7?,10-/m.1/s1. The topological polar surface area (TPSA) is 74.7 Å². The summed E-state index contributed by atoms with van der Waals surface area (Å²) in [5.74, 6) is 0.947. The minimum atomic E-state index is -4.08. The highest BCUT2D eigenvalue weighted by atomic mass is 32.2. The van der Waals surface area contributed by atoms with Gasteiger partial charge in [0, 0.05) is 13.0 Å². The Kier molecular flexibility index (Phi) is 6.93. The molecule has 2 bridgehead atoms. The first-order valence-corrected chi connectivity index (χ1v) is 13.0. The quantitative estimate of drug-likeness (QED) is 0.695. The predicted molar refractivity (Wildman–Crippen MR) is 112 cm³/mol. The van der Waals surface area contributed by atoms with Crippen molar-refractivity contribution in [1.29, 1.82) is 0 Å². The number of piperidine rings is 1. The predicted octanol–water partition coefficient (Wildman–Crippen LogP) is 4.32. The summed E-state index contributed by atoms with van der Waals surface area (Å²) in [6.45, 7) is 8.08. The Balaban J connectivity index is 0.000000162. The minimum Gasteiger partial charge on any atom is -0.303 e. The highest BCUT2D eigenvalue weighted by molar-refractivity contribution is 7.85. The van der Waals surface area contributed by atoms with E-state index in [0.717, 1.165) is 12.3 Å². The number of likely N-dealkylation sites (tertiary alicyclic amines) is 1. The largest absolute Gasteiger partial charge is 0.303 e. The van der Waals surface area contributed by atoms with Crippen molar-refractivity contribution in [2.45, 2.75) is 84.5 Å². The summed E-state index contributed by atoms with van der Waals surface area (Å²) in [5, 5.41) is 0. The number of carbonyl (C=O) groups excluding carboxylic acids is 1. The van der Waals surface area contributed by atoms with Gasteiger partial charge in [-0.3, -0.25) is 9.35 Å². The van der Waals surface area contributed by atoms with Crippen LogP contribution in [0.1, 0.15) is 84.5 Å². The third-order valence-electron chi connectivity index (χ3n) is 8.26. The van der Waals surface area contributed by atoms with Crippen LogP contribution < -0.4 is 0 Å². The lowest BCUT2D eigenvalue weighted by Crippen LogP contribution is -2.42. The average molecular weight is 414 g/mol. The summed E-state index contributed by atoms with van der Waals surface area (Å²) >= 11 is 0. The van der Waals surface area contributed by atoms with Gasteiger partial charge in [-0.15, -0.1) is 0 Å². The summed E-state index contributed by atoms with van der Waals surface area (Å²) < 4.78 is 31.0. The smallest absolute Gasteiger partial charge is 0.265 e. The Morgan fingerprint density at radius 1 is 1.00 bits per heavy atom. The van der Waals surface area contributed by atoms with E-state index in [-0.39, 0.29) is 17.1 Å². The lowest BCUT2D eigenvalue weighted by molar-refractivity contribution is -0.128. The van der Waals surface area contributed by atoms with Gasteiger partial charge in [-0.05, 0) is 68.9 Å². The van der Waals surface area contributed by atoms with Crippen LogP contribution in [0.4, 0.5) is 0 Å². The fourth-order valence-electron chi connectivity index (χ4n) is 6.30. The van der Waals surface area contributed by atoms with Gasteiger partial charge in [0.05, 0.1) is 11.2 Å². The summed E-state index contributed by atoms with van der Waals surface area (Å²) in [6.07, 6.45) is 13.9. The van der Waals surface area contributed by atoms with Crippen LogP contribution in [0.25, 0.3) is 0 Å². The van der Waals surface area contributed by atoms with Crippen LogP contribution in [0.5, 0.6) is 0 Å². The van der Waals surface area contributed by atoms with Crippen molar-refractivity contribution in [3.63, 3.8) is 0 Å². The molecule has 4 rings (SSSR count). The molecule has 0 aromatic heterocycles. The molecule has 5 nitrogen and oxygen atoms in total. The average Bonchev–Trinajstić information content (AvgIpc) is 2.97. The first-order chi connectivity index (χ1) is 13.1. The number of carbonyl (C=O) groups is 1. The molecule has 28 heavy (non-hydrogen) atoms. The second-order valence-corrected chi connectivity index (χ2v) is 11.7.